The summed E-state index contributed by atoms with van der Waals surface area (Å²) in [6, 6.07) is 9.53. The molecule has 1 aliphatic carbocycles. The second kappa shape index (κ2) is 7.88. The Morgan fingerprint density at radius 3 is 2.92 bits per heavy atom. The lowest BCUT2D eigenvalue weighted by Gasteiger charge is -2.28. The van der Waals surface area contributed by atoms with Crippen LogP contribution in [0.4, 0.5) is 0 Å². The Morgan fingerprint density at radius 1 is 1.08 bits per heavy atom. The van der Waals surface area contributed by atoms with Gasteiger partial charge in [0.25, 0.3) is 0 Å². The molecule has 0 bridgehead atoms. The minimum Gasteiger partial charge on any atom is -0.349 e. The predicted octanol–water partition coefficient (Wildman–Crippen LogP) is 2.74. The molecule has 2 aliphatic heterocycles. The van der Waals surface area contributed by atoms with E-state index in [1.54, 1.807) is 0 Å². The number of nitrogens with one attached hydrogen (secondary N) is 1. The van der Waals surface area contributed by atoms with Crippen molar-refractivity contribution < 1.29 is 4.79 Å². The largest absolute Gasteiger partial charge is 0.349 e. The van der Waals surface area contributed by atoms with Crippen LogP contribution in [-0.2, 0) is 11.2 Å². The van der Waals surface area contributed by atoms with Crippen LogP contribution < -0.4 is 5.32 Å². The van der Waals surface area contributed by atoms with Crippen molar-refractivity contribution in [1.82, 2.24) is 15.1 Å². The van der Waals surface area contributed by atoms with Crippen LogP contribution in [0.5, 0.6) is 0 Å². The molecule has 1 N–H and O–H groups in total. The summed E-state index contributed by atoms with van der Waals surface area (Å²) in [6.07, 6.45) is 7.95. The summed E-state index contributed by atoms with van der Waals surface area (Å²) >= 11 is 0. The van der Waals surface area contributed by atoms with Crippen LogP contribution in [0.25, 0.3) is 0 Å². The van der Waals surface area contributed by atoms with Crippen LogP contribution in [0, 0.1) is 0 Å². The Labute approximate surface area is 151 Å². The SMILES string of the molecule is O=C(CCN1CCCN2CCC[C@H]2C1)N[C@@H]1CCCc2ccccc21. The van der Waals surface area contributed by atoms with Gasteiger partial charge in [-0.2, -0.15) is 0 Å². The molecule has 4 heteroatoms. The second-order valence-corrected chi connectivity index (χ2v) is 7.95. The predicted molar refractivity (Wildman–Crippen MR) is 101 cm³/mol. The molecule has 3 aliphatic rings. The number of rotatable bonds is 4. The highest BCUT2D eigenvalue weighted by Gasteiger charge is 2.29. The van der Waals surface area contributed by atoms with Gasteiger partial charge in [-0.05, 0) is 69.3 Å². The van der Waals surface area contributed by atoms with Gasteiger partial charge in [0, 0.05) is 25.6 Å². The average Bonchev–Trinajstić information content (AvgIpc) is 2.98. The highest BCUT2D eigenvalue weighted by atomic mass is 16.1. The Bertz CT molecular complexity index is 603. The number of fused-ring (bicyclic) bond motifs is 2. The highest BCUT2D eigenvalue weighted by molar-refractivity contribution is 5.76. The Kier molecular flexibility index (Phi) is 5.37. The molecule has 2 saturated heterocycles. The van der Waals surface area contributed by atoms with E-state index in [4.69, 9.17) is 0 Å². The molecule has 4 nitrogen and oxygen atoms in total. The van der Waals surface area contributed by atoms with Crippen molar-refractivity contribution in [3.05, 3.63) is 35.4 Å². The van der Waals surface area contributed by atoms with Crippen LogP contribution in [0.1, 0.15) is 55.7 Å². The van der Waals surface area contributed by atoms with Gasteiger partial charge in [0.15, 0.2) is 0 Å². The van der Waals surface area contributed by atoms with Gasteiger partial charge in [0.05, 0.1) is 6.04 Å². The molecule has 0 aromatic heterocycles. The zero-order valence-corrected chi connectivity index (χ0v) is 15.3. The van der Waals surface area contributed by atoms with E-state index in [1.807, 2.05) is 0 Å². The standard InChI is InChI=1S/C21H31N3O/c25-21(22-20-10-3-7-17-6-1-2-9-19(17)20)11-15-23-12-5-14-24-13-4-8-18(24)16-23/h1-2,6,9,18,20H,3-5,7-8,10-16H2,(H,22,25)/t18-,20+/m0/s1. The monoisotopic (exact) mass is 341 g/mol. The van der Waals surface area contributed by atoms with Crippen molar-refractivity contribution in [3.8, 4) is 0 Å². The molecule has 4 rings (SSSR count). The van der Waals surface area contributed by atoms with Crippen LogP contribution in [-0.4, -0.2) is 54.5 Å². The fourth-order valence-corrected chi connectivity index (χ4v) is 4.92. The molecule has 2 atom stereocenters. The topological polar surface area (TPSA) is 35.6 Å². The van der Waals surface area contributed by atoms with E-state index in [9.17, 15) is 4.79 Å². The van der Waals surface area contributed by atoms with Crippen LogP contribution in [0.2, 0.25) is 0 Å². The Morgan fingerprint density at radius 2 is 1.96 bits per heavy atom. The molecule has 2 heterocycles. The lowest BCUT2D eigenvalue weighted by molar-refractivity contribution is -0.122. The van der Waals surface area contributed by atoms with Crippen molar-refractivity contribution in [1.29, 1.82) is 0 Å². The van der Waals surface area contributed by atoms with Crippen LogP contribution in [0.3, 0.4) is 0 Å². The van der Waals surface area contributed by atoms with E-state index in [-0.39, 0.29) is 11.9 Å². The smallest absolute Gasteiger partial charge is 0.221 e. The van der Waals surface area contributed by atoms with E-state index >= 15 is 0 Å². The maximum absolute atomic E-state index is 12.5. The van der Waals surface area contributed by atoms with Gasteiger partial charge >= 0.3 is 0 Å². The van der Waals surface area contributed by atoms with Crippen molar-refractivity contribution in [3.63, 3.8) is 0 Å². The molecule has 1 aromatic rings. The number of carbonyl (C=O) groups is 1. The molecular weight excluding hydrogens is 310 g/mol. The van der Waals surface area contributed by atoms with E-state index in [0.29, 0.717) is 6.42 Å². The van der Waals surface area contributed by atoms with Crippen molar-refractivity contribution in [2.45, 2.75) is 57.0 Å². The molecular formula is C21H31N3O. The molecule has 0 spiro atoms. The summed E-state index contributed by atoms with van der Waals surface area (Å²) in [5.74, 6) is 0.217. The lowest BCUT2D eigenvalue weighted by atomic mass is 9.87. The zero-order valence-electron chi connectivity index (χ0n) is 15.3. The lowest BCUT2D eigenvalue weighted by Crippen LogP contribution is -2.39. The van der Waals surface area contributed by atoms with Crippen LogP contribution >= 0.6 is 0 Å². The Balaban J connectivity index is 1.28. The van der Waals surface area contributed by atoms with Crippen LogP contribution in [0.15, 0.2) is 24.3 Å². The third-order valence-corrected chi connectivity index (χ3v) is 6.25. The first-order chi connectivity index (χ1) is 12.3. The number of amides is 1. The minimum absolute atomic E-state index is 0.215. The first-order valence-electron chi connectivity index (χ1n) is 10.1. The quantitative estimate of drug-likeness (QED) is 0.915. The summed E-state index contributed by atoms with van der Waals surface area (Å²) in [7, 11) is 0. The summed E-state index contributed by atoms with van der Waals surface area (Å²) < 4.78 is 0. The third-order valence-electron chi connectivity index (χ3n) is 6.25. The molecule has 0 radical (unpaired) electrons. The minimum atomic E-state index is 0.215. The number of aryl methyl sites for hydroxylation is 1. The Hall–Kier alpha value is -1.39. The fourth-order valence-electron chi connectivity index (χ4n) is 4.92. The van der Waals surface area contributed by atoms with Gasteiger partial charge in [-0.15, -0.1) is 0 Å². The van der Waals surface area contributed by atoms with Crippen molar-refractivity contribution >= 4 is 5.91 Å². The van der Waals surface area contributed by atoms with Gasteiger partial charge in [-0.1, -0.05) is 24.3 Å². The molecule has 1 aromatic carbocycles. The van der Waals surface area contributed by atoms with E-state index in [0.717, 1.165) is 38.5 Å². The normalized spacial score (nSPS) is 27.4. The molecule has 136 valence electrons. The van der Waals surface area contributed by atoms with Gasteiger partial charge in [0.2, 0.25) is 5.91 Å². The van der Waals surface area contributed by atoms with Gasteiger partial charge < -0.3 is 10.2 Å². The molecule has 0 saturated carbocycles. The number of benzene rings is 1. The maximum Gasteiger partial charge on any atom is 0.221 e. The highest BCUT2D eigenvalue weighted by Crippen LogP contribution is 2.29. The first-order valence-corrected chi connectivity index (χ1v) is 10.1. The van der Waals surface area contributed by atoms with Gasteiger partial charge in [-0.3, -0.25) is 9.69 Å². The van der Waals surface area contributed by atoms with E-state index in [1.165, 1.54) is 49.9 Å². The maximum atomic E-state index is 12.5. The van der Waals surface area contributed by atoms with E-state index in [2.05, 4.69) is 39.4 Å². The number of carbonyl (C=O) groups excluding carboxylic acids is 1. The number of hydrogen-bond acceptors (Lipinski definition) is 3. The first kappa shape index (κ1) is 17.0. The third kappa shape index (κ3) is 4.06. The van der Waals surface area contributed by atoms with Gasteiger partial charge in [0.1, 0.15) is 0 Å². The van der Waals surface area contributed by atoms with E-state index < -0.39 is 0 Å². The van der Waals surface area contributed by atoms with Gasteiger partial charge in [-0.25, -0.2) is 0 Å². The molecule has 1 amide bonds. The molecule has 0 unspecified atom stereocenters. The second-order valence-electron chi connectivity index (χ2n) is 7.95. The number of hydrogen-bond donors (Lipinski definition) is 1. The fraction of sp³-hybridized carbons (Fsp3) is 0.667. The summed E-state index contributed by atoms with van der Waals surface area (Å²) in [6.45, 7) is 5.73. The zero-order chi connectivity index (χ0) is 17.1. The van der Waals surface area contributed by atoms with Crippen molar-refractivity contribution in [2.24, 2.45) is 0 Å². The molecule has 2 fully saturated rings. The average molecular weight is 341 g/mol. The summed E-state index contributed by atoms with van der Waals surface area (Å²) in [4.78, 5) is 17.7. The number of nitrogens with zero attached hydrogens (tertiary/aromatic N) is 2. The summed E-state index contributed by atoms with van der Waals surface area (Å²) in [5.41, 5.74) is 2.74. The molecule has 25 heavy (non-hydrogen) atoms. The summed E-state index contributed by atoms with van der Waals surface area (Å²) in [5, 5.41) is 3.30. The van der Waals surface area contributed by atoms with Crippen molar-refractivity contribution in [2.75, 3.05) is 32.7 Å².